The summed E-state index contributed by atoms with van der Waals surface area (Å²) >= 11 is 3.28. The molecule has 1 aromatic heterocycles. The van der Waals surface area contributed by atoms with E-state index in [9.17, 15) is 14.0 Å². The molecule has 2 N–H and O–H groups in total. The van der Waals surface area contributed by atoms with Crippen molar-refractivity contribution in [1.82, 2.24) is 25.1 Å². The quantitative estimate of drug-likeness (QED) is 0.685. The lowest BCUT2D eigenvalue weighted by molar-refractivity contribution is -0.124. The van der Waals surface area contributed by atoms with Crippen LogP contribution >= 0.6 is 15.9 Å². The average molecular weight is 494 g/mol. The van der Waals surface area contributed by atoms with Gasteiger partial charge in [0.25, 0.3) is 5.91 Å². The van der Waals surface area contributed by atoms with E-state index >= 15 is 0 Å². The molecule has 1 atom stereocenters. The number of rotatable bonds is 4. The van der Waals surface area contributed by atoms with Crippen molar-refractivity contribution in [3.8, 4) is 11.4 Å². The normalized spacial score (nSPS) is 15.7. The molecule has 1 aromatic carbocycles. The number of fused-ring (bicyclic) bond motifs is 1. The Hall–Kier alpha value is -2.26. The van der Waals surface area contributed by atoms with Gasteiger partial charge in [-0.2, -0.15) is 0 Å². The smallest absolute Gasteiger partial charge is 0.272 e. The molecule has 0 saturated heterocycles. The Labute approximate surface area is 190 Å². The van der Waals surface area contributed by atoms with E-state index in [4.69, 9.17) is 0 Å². The minimum atomic E-state index is -0.737. The summed E-state index contributed by atoms with van der Waals surface area (Å²) in [5.41, 5.74) is 0.791. The van der Waals surface area contributed by atoms with Crippen LogP contribution in [0.3, 0.4) is 0 Å². The molecule has 1 aliphatic heterocycles. The fourth-order valence-corrected chi connectivity index (χ4v) is 4.13. The van der Waals surface area contributed by atoms with Gasteiger partial charge >= 0.3 is 0 Å². The van der Waals surface area contributed by atoms with Gasteiger partial charge in [0.15, 0.2) is 5.69 Å². The third-order valence-electron chi connectivity index (χ3n) is 5.45. The van der Waals surface area contributed by atoms with Gasteiger partial charge in [-0.3, -0.25) is 9.59 Å². The predicted octanol–water partition coefficient (Wildman–Crippen LogP) is 3.18. The van der Waals surface area contributed by atoms with Crippen LogP contribution in [0.2, 0.25) is 0 Å². The van der Waals surface area contributed by atoms with Crippen LogP contribution < -0.4 is 10.6 Å². The number of nitrogens with zero attached hydrogens (tertiary/aromatic N) is 3. The van der Waals surface area contributed by atoms with Gasteiger partial charge in [0, 0.05) is 24.6 Å². The first-order chi connectivity index (χ1) is 14.5. The van der Waals surface area contributed by atoms with Crippen LogP contribution in [0.15, 0.2) is 22.7 Å². The second-order valence-electron chi connectivity index (χ2n) is 8.98. The first kappa shape index (κ1) is 23.4. The molecule has 0 aliphatic carbocycles. The average Bonchev–Trinajstić information content (AvgIpc) is 2.90. The molecule has 9 heteroatoms. The summed E-state index contributed by atoms with van der Waals surface area (Å²) in [6.07, 6.45) is 0.856. The first-order valence-corrected chi connectivity index (χ1v) is 11.1. The van der Waals surface area contributed by atoms with Crippen LogP contribution in [0.4, 0.5) is 4.39 Å². The minimum absolute atomic E-state index is 0.226. The van der Waals surface area contributed by atoms with Crippen molar-refractivity contribution >= 4 is 27.7 Å². The molecule has 2 amide bonds. The van der Waals surface area contributed by atoms with Crippen LogP contribution in [-0.2, 0) is 17.9 Å². The Bertz CT molecular complexity index is 999. The SMILES string of the molecule is CNC(=O)C(NC(=O)c1nc(-c2ccc(Br)cc2F)n2c1CN(C)CCC2)C(C)(C)C. The lowest BCUT2D eigenvalue weighted by atomic mass is 9.86. The van der Waals surface area contributed by atoms with E-state index in [1.807, 2.05) is 32.4 Å². The van der Waals surface area contributed by atoms with Crippen molar-refractivity contribution in [3.05, 3.63) is 39.9 Å². The molecule has 0 radical (unpaired) electrons. The summed E-state index contributed by atoms with van der Waals surface area (Å²) in [5, 5.41) is 5.46. The maximum Gasteiger partial charge on any atom is 0.272 e. The van der Waals surface area contributed by atoms with Gasteiger partial charge in [0.2, 0.25) is 5.91 Å². The van der Waals surface area contributed by atoms with E-state index in [0.717, 1.165) is 18.7 Å². The Kier molecular flexibility index (Phi) is 6.85. The van der Waals surface area contributed by atoms with Crippen LogP contribution in [0.25, 0.3) is 11.4 Å². The highest BCUT2D eigenvalue weighted by Gasteiger charge is 2.34. The molecular weight excluding hydrogens is 465 g/mol. The topological polar surface area (TPSA) is 79.3 Å². The van der Waals surface area contributed by atoms with Crippen LogP contribution in [0.5, 0.6) is 0 Å². The second kappa shape index (κ2) is 9.08. The molecule has 2 heterocycles. The summed E-state index contributed by atoms with van der Waals surface area (Å²) in [7, 11) is 3.52. The number of amides is 2. The Morgan fingerprint density at radius 2 is 1.97 bits per heavy atom. The monoisotopic (exact) mass is 493 g/mol. The Morgan fingerprint density at radius 3 is 2.58 bits per heavy atom. The van der Waals surface area contributed by atoms with E-state index in [2.05, 4.69) is 36.4 Å². The van der Waals surface area contributed by atoms with Crippen molar-refractivity contribution in [2.45, 2.75) is 46.3 Å². The van der Waals surface area contributed by atoms with E-state index < -0.39 is 23.2 Å². The third kappa shape index (κ3) is 4.98. The third-order valence-corrected chi connectivity index (χ3v) is 5.94. The van der Waals surface area contributed by atoms with Crippen molar-refractivity contribution in [3.63, 3.8) is 0 Å². The number of likely N-dealkylation sites (N-methyl/N-ethyl adjacent to an activating group) is 1. The fourth-order valence-electron chi connectivity index (χ4n) is 3.80. The molecular formula is C22H29BrFN5O2. The van der Waals surface area contributed by atoms with Crippen molar-refractivity contribution in [2.75, 3.05) is 20.6 Å². The highest BCUT2D eigenvalue weighted by molar-refractivity contribution is 9.10. The molecule has 7 nitrogen and oxygen atoms in total. The molecule has 31 heavy (non-hydrogen) atoms. The van der Waals surface area contributed by atoms with E-state index in [-0.39, 0.29) is 11.6 Å². The lowest BCUT2D eigenvalue weighted by Gasteiger charge is -2.29. The van der Waals surface area contributed by atoms with Crippen molar-refractivity contribution in [2.24, 2.45) is 5.41 Å². The largest absolute Gasteiger partial charge is 0.357 e. The van der Waals surface area contributed by atoms with Crippen molar-refractivity contribution < 1.29 is 14.0 Å². The molecule has 3 rings (SSSR count). The second-order valence-corrected chi connectivity index (χ2v) is 9.90. The number of imidazole rings is 1. The van der Waals surface area contributed by atoms with Gasteiger partial charge in [-0.15, -0.1) is 0 Å². The number of benzene rings is 1. The van der Waals surface area contributed by atoms with Crippen LogP contribution in [0.1, 0.15) is 43.4 Å². The number of carbonyl (C=O) groups excluding carboxylic acids is 2. The van der Waals surface area contributed by atoms with E-state index in [0.29, 0.717) is 29.0 Å². The molecule has 1 unspecified atom stereocenters. The summed E-state index contributed by atoms with van der Waals surface area (Å²) in [4.78, 5) is 32.4. The molecule has 0 bridgehead atoms. The van der Waals surface area contributed by atoms with E-state index in [1.54, 1.807) is 19.2 Å². The molecule has 0 fully saturated rings. The van der Waals surface area contributed by atoms with Gasteiger partial charge in [0.1, 0.15) is 17.7 Å². The number of carbonyl (C=O) groups is 2. The fraction of sp³-hybridized carbons (Fsp3) is 0.500. The molecule has 168 valence electrons. The van der Waals surface area contributed by atoms with Crippen LogP contribution in [0, 0.1) is 11.2 Å². The zero-order chi connectivity index (χ0) is 22.9. The van der Waals surface area contributed by atoms with Crippen LogP contribution in [-0.4, -0.2) is 52.9 Å². The molecule has 0 saturated carbocycles. The predicted molar refractivity (Wildman–Crippen MR) is 121 cm³/mol. The highest BCUT2D eigenvalue weighted by Crippen LogP contribution is 2.30. The maximum absolute atomic E-state index is 14.8. The summed E-state index contributed by atoms with van der Waals surface area (Å²) < 4.78 is 17.3. The number of hydrogen-bond acceptors (Lipinski definition) is 4. The maximum atomic E-state index is 14.8. The van der Waals surface area contributed by atoms with Gasteiger partial charge in [-0.1, -0.05) is 36.7 Å². The summed E-state index contributed by atoms with van der Waals surface area (Å²) in [6, 6.07) is 4.07. The lowest BCUT2D eigenvalue weighted by Crippen LogP contribution is -2.53. The van der Waals surface area contributed by atoms with Gasteiger partial charge < -0.3 is 20.1 Å². The number of aromatic nitrogens is 2. The Balaban J connectivity index is 2.08. The Morgan fingerprint density at radius 1 is 1.26 bits per heavy atom. The molecule has 1 aliphatic rings. The molecule has 0 spiro atoms. The number of hydrogen-bond donors (Lipinski definition) is 2. The summed E-state index contributed by atoms with van der Waals surface area (Å²) in [5.74, 6) is -0.703. The first-order valence-electron chi connectivity index (χ1n) is 10.3. The van der Waals surface area contributed by atoms with Crippen molar-refractivity contribution in [1.29, 1.82) is 0 Å². The highest BCUT2D eigenvalue weighted by atomic mass is 79.9. The zero-order valence-corrected chi connectivity index (χ0v) is 20.1. The minimum Gasteiger partial charge on any atom is -0.357 e. The zero-order valence-electron chi connectivity index (χ0n) is 18.6. The molecule has 2 aromatic rings. The van der Waals surface area contributed by atoms with Gasteiger partial charge in [0.05, 0.1) is 11.3 Å². The number of nitrogens with one attached hydrogen (secondary N) is 2. The van der Waals surface area contributed by atoms with Gasteiger partial charge in [-0.05, 0) is 43.6 Å². The van der Waals surface area contributed by atoms with E-state index in [1.165, 1.54) is 6.07 Å². The standard InChI is InChI=1S/C22H29BrFN5O2/c1-22(2,3)18(21(31)25-4)27-20(30)17-16-12-28(5)9-6-10-29(16)19(26-17)14-8-7-13(23)11-15(14)24/h7-8,11,18H,6,9-10,12H2,1-5H3,(H,25,31)(H,27,30). The number of halogens is 2. The van der Waals surface area contributed by atoms with Gasteiger partial charge in [-0.25, -0.2) is 9.37 Å². The summed E-state index contributed by atoms with van der Waals surface area (Å²) in [6.45, 7) is 7.65.